The molecule has 1 aromatic carbocycles. The second kappa shape index (κ2) is 3.89. The molecule has 1 spiro atoms. The monoisotopic (exact) mass is 252 g/mol. The number of benzene rings is 1. The predicted molar refractivity (Wildman–Crippen MR) is 65.3 cm³/mol. The molecule has 0 aliphatic carbocycles. The van der Waals surface area contributed by atoms with Gasteiger partial charge in [0.15, 0.2) is 0 Å². The van der Waals surface area contributed by atoms with Crippen LogP contribution in [0.1, 0.15) is 18.4 Å². The van der Waals surface area contributed by atoms with Gasteiger partial charge in [0.05, 0.1) is 5.69 Å². The Morgan fingerprint density at radius 2 is 2.06 bits per heavy atom. The fraction of sp³-hybridized carbons (Fsp3) is 0.417. The summed E-state index contributed by atoms with van der Waals surface area (Å²) < 4.78 is 5.55. The van der Waals surface area contributed by atoms with Gasteiger partial charge in [-0.1, -0.05) is 11.6 Å². The summed E-state index contributed by atoms with van der Waals surface area (Å²) in [5.74, 6) is 0. The quantitative estimate of drug-likeness (QED) is 0.746. The van der Waals surface area contributed by atoms with Crippen molar-refractivity contribution in [1.29, 1.82) is 0 Å². The summed E-state index contributed by atoms with van der Waals surface area (Å²) in [6.45, 7) is 1.69. The summed E-state index contributed by atoms with van der Waals surface area (Å²) in [6.07, 6.45) is 1.20. The third kappa shape index (κ3) is 1.77. The van der Waals surface area contributed by atoms with Gasteiger partial charge in [0.25, 0.3) is 0 Å². The van der Waals surface area contributed by atoms with Gasteiger partial charge in [-0.25, -0.2) is 4.79 Å². The maximum Gasteiger partial charge on any atom is 0.412 e. The maximum absolute atomic E-state index is 11.6. The Labute approximate surface area is 104 Å². The number of carbonyl (C=O) groups excluding carboxylic acids is 1. The van der Waals surface area contributed by atoms with Gasteiger partial charge in [0.1, 0.15) is 5.60 Å². The molecule has 1 saturated heterocycles. The first-order chi connectivity index (χ1) is 8.20. The summed E-state index contributed by atoms with van der Waals surface area (Å²) in [4.78, 5) is 11.6. The van der Waals surface area contributed by atoms with Crippen molar-refractivity contribution in [2.24, 2.45) is 0 Å². The van der Waals surface area contributed by atoms with Crippen LogP contribution in [-0.4, -0.2) is 19.2 Å². The molecule has 0 radical (unpaired) electrons. The second-order valence-electron chi connectivity index (χ2n) is 4.45. The number of hydrogen-bond acceptors (Lipinski definition) is 3. The molecular formula is C12H13ClN2O2. The number of piperidine rings is 1. The molecule has 0 atom stereocenters. The van der Waals surface area contributed by atoms with E-state index in [1.54, 1.807) is 6.07 Å². The van der Waals surface area contributed by atoms with E-state index in [-0.39, 0.29) is 6.09 Å². The summed E-state index contributed by atoms with van der Waals surface area (Å²) in [5, 5.41) is 6.66. The van der Waals surface area contributed by atoms with Crippen LogP contribution in [-0.2, 0) is 10.3 Å². The minimum atomic E-state index is -0.506. The van der Waals surface area contributed by atoms with Crippen molar-refractivity contribution in [1.82, 2.24) is 5.32 Å². The molecule has 2 N–H and O–H groups in total. The Balaban J connectivity index is 2.11. The topological polar surface area (TPSA) is 50.4 Å². The van der Waals surface area contributed by atoms with Crippen LogP contribution in [0.4, 0.5) is 10.5 Å². The number of carbonyl (C=O) groups is 1. The molecule has 2 aliphatic rings. The molecule has 2 aliphatic heterocycles. The molecule has 1 fully saturated rings. The normalized spacial score (nSPS) is 21.6. The van der Waals surface area contributed by atoms with E-state index in [1.165, 1.54) is 0 Å². The van der Waals surface area contributed by atoms with E-state index in [1.807, 2.05) is 12.1 Å². The van der Waals surface area contributed by atoms with E-state index in [4.69, 9.17) is 16.3 Å². The van der Waals surface area contributed by atoms with Gasteiger partial charge in [-0.15, -0.1) is 0 Å². The Morgan fingerprint density at radius 3 is 2.82 bits per heavy atom. The predicted octanol–water partition coefficient (Wildman–Crippen LogP) is 2.48. The number of ether oxygens (including phenoxy) is 1. The smallest absolute Gasteiger partial charge is 0.412 e. The molecule has 0 bridgehead atoms. The summed E-state index contributed by atoms with van der Waals surface area (Å²) in [6, 6.07) is 5.50. The largest absolute Gasteiger partial charge is 0.438 e. The first-order valence-corrected chi connectivity index (χ1v) is 6.08. The minimum Gasteiger partial charge on any atom is -0.438 e. The zero-order valence-electron chi connectivity index (χ0n) is 9.25. The van der Waals surface area contributed by atoms with Gasteiger partial charge in [0, 0.05) is 23.4 Å². The molecule has 0 unspecified atom stereocenters. The maximum atomic E-state index is 11.6. The molecule has 90 valence electrons. The number of anilines is 1. The standard InChI is InChI=1S/C12H13ClN2O2/c13-8-1-2-10-9(7-8)12(17-11(16)15-10)3-5-14-6-4-12/h1-2,7,14H,3-6H2,(H,15,16). The SMILES string of the molecule is O=C1Nc2ccc(Cl)cc2C2(CCNCC2)O1. The van der Waals surface area contributed by atoms with Gasteiger partial charge >= 0.3 is 6.09 Å². The van der Waals surface area contributed by atoms with Crippen LogP contribution in [0.3, 0.4) is 0 Å². The summed E-state index contributed by atoms with van der Waals surface area (Å²) in [7, 11) is 0. The molecule has 3 rings (SSSR count). The lowest BCUT2D eigenvalue weighted by molar-refractivity contribution is -0.0125. The Hall–Kier alpha value is -1.26. The van der Waals surface area contributed by atoms with E-state index < -0.39 is 5.60 Å². The highest BCUT2D eigenvalue weighted by Gasteiger charge is 2.42. The van der Waals surface area contributed by atoms with Crippen LogP contribution >= 0.6 is 11.6 Å². The number of fused-ring (bicyclic) bond motifs is 2. The van der Waals surface area contributed by atoms with Gasteiger partial charge in [0.2, 0.25) is 0 Å². The molecule has 4 nitrogen and oxygen atoms in total. The number of halogens is 1. The zero-order chi connectivity index (χ0) is 11.9. The van der Waals surface area contributed by atoms with Crippen molar-refractivity contribution in [3.05, 3.63) is 28.8 Å². The van der Waals surface area contributed by atoms with Crippen molar-refractivity contribution < 1.29 is 9.53 Å². The first kappa shape index (κ1) is 10.9. The van der Waals surface area contributed by atoms with Crippen LogP contribution in [0.5, 0.6) is 0 Å². The molecule has 0 saturated carbocycles. The zero-order valence-corrected chi connectivity index (χ0v) is 10.0. The Kier molecular flexibility index (Phi) is 2.49. The highest BCUT2D eigenvalue weighted by Crippen LogP contribution is 2.43. The van der Waals surface area contributed by atoms with Crippen molar-refractivity contribution >= 4 is 23.4 Å². The second-order valence-corrected chi connectivity index (χ2v) is 4.89. The van der Waals surface area contributed by atoms with Crippen LogP contribution in [0, 0.1) is 0 Å². The highest BCUT2D eigenvalue weighted by atomic mass is 35.5. The average molecular weight is 253 g/mol. The lowest BCUT2D eigenvalue weighted by Gasteiger charge is -2.41. The molecular weight excluding hydrogens is 240 g/mol. The van der Waals surface area contributed by atoms with Crippen molar-refractivity contribution in [2.75, 3.05) is 18.4 Å². The Bertz CT molecular complexity index is 470. The van der Waals surface area contributed by atoms with Crippen molar-refractivity contribution in [2.45, 2.75) is 18.4 Å². The van der Waals surface area contributed by atoms with Crippen molar-refractivity contribution in [3.63, 3.8) is 0 Å². The fourth-order valence-electron chi connectivity index (χ4n) is 2.57. The first-order valence-electron chi connectivity index (χ1n) is 5.70. The number of rotatable bonds is 0. The van der Waals surface area contributed by atoms with E-state index >= 15 is 0 Å². The molecule has 5 heteroatoms. The highest BCUT2D eigenvalue weighted by molar-refractivity contribution is 6.30. The third-order valence-corrected chi connectivity index (χ3v) is 3.64. The molecule has 2 heterocycles. The molecule has 17 heavy (non-hydrogen) atoms. The molecule has 1 aromatic rings. The van der Waals surface area contributed by atoms with Crippen LogP contribution in [0.15, 0.2) is 18.2 Å². The number of nitrogens with one attached hydrogen (secondary N) is 2. The minimum absolute atomic E-state index is 0.373. The van der Waals surface area contributed by atoms with Crippen LogP contribution in [0.2, 0.25) is 5.02 Å². The van der Waals surface area contributed by atoms with E-state index in [0.29, 0.717) is 5.02 Å². The summed E-state index contributed by atoms with van der Waals surface area (Å²) in [5.41, 5.74) is 1.30. The lowest BCUT2D eigenvalue weighted by atomic mass is 9.83. The number of hydrogen-bond donors (Lipinski definition) is 2. The average Bonchev–Trinajstić information content (AvgIpc) is 2.31. The lowest BCUT2D eigenvalue weighted by Crippen LogP contribution is -2.46. The molecule has 1 amide bonds. The van der Waals surface area contributed by atoms with E-state index in [9.17, 15) is 4.79 Å². The fourth-order valence-corrected chi connectivity index (χ4v) is 2.74. The van der Waals surface area contributed by atoms with Gasteiger partial charge in [-0.05, 0) is 31.3 Å². The Morgan fingerprint density at radius 1 is 1.29 bits per heavy atom. The summed E-state index contributed by atoms with van der Waals surface area (Å²) >= 11 is 6.03. The van der Waals surface area contributed by atoms with Crippen molar-refractivity contribution in [3.8, 4) is 0 Å². The van der Waals surface area contributed by atoms with Gasteiger partial charge < -0.3 is 10.1 Å². The van der Waals surface area contributed by atoms with Crippen LogP contribution in [0.25, 0.3) is 0 Å². The third-order valence-electron chi connectivity index (χ3n) is 3.41. The number of amides is 1. The van der Waals surface area contributed by atoms with Crippen LogP contribution < -0.4 is 10.6 Å². The van der Waals surface area contributed by atoms with Gasteiger partial charge in [-0.2, -0.15) is 0 Å². The van der Waals surface area contributed by atoms with E-state index in [0.717, 1.165) is 37.2 Å². The van der Waals surface area contributed by atoms with Gasteiger partial charge in [-0.3, -0.25) is 5.32 Å². The molecule has 0 aromatic heterocycles. The van der Waals surface area contributed by atoms with E-state index in [2.05, 4.69) is 10.6 Å².